The molecule has 2 aliphatic carbocycles. The third-order valence-corrected chi connectivity index (χ3v) is 14.7. The molecule has 0 spiro atoms. The van der Waals surface area contributed by atoms with Crippen LogP contribution in [0.4, 0.5) is 0 Å². The summed E-state index contributed by atoms with van der Waals surface area (Å²) < 4.78 is 46.8. The van der Waals surface area contributed by atoms with E-state index in [0.717, 1.165) is 48.6 Å². The van der Waals surface area contributed by atoms with Gasteiger partial charge in [0.05, 0.1) is 54.6 Å². The number of nitrogens with zero attached hydrogens (tertiary/aromatic N) is 2. The molecule has 8 rings (SSSR count). The van der Waals surface area contributed by atoms with E-state index in [4.69, 9.17) is 19.2 Å². The molecule has 1 N–H and O–H groups in total. The van der Waals surface area contributed by atoms with Gasteiger partial charge in [-0.1, -0.05) is 74.4 Å². The summed E-state index contributed by atoms with van der Waals surface area (Å²) in [5, 5.41) is 0.138. The van der Waals surface area contributed by atoms with Crippen molar-refractivity contribution < 1.29 is 41.8 Å². The summed E-state index contributed by atoms with van der Waals surface area (Å²) in [6, 6.07) is 14.6. The molecule has 60 heavy (non-hydrogen) atoms. The fourth-order valence-electron chi connectivity index (χ4n) is 9.07. The molecule has 3 fully saturated rings. The molecular weight excluding hydrogens is 783 g/mol. The van der Waals surface area contributed by atoms with Crippen LogP contribution >= 0.6 is 0 Å². The Morgan fingerprint density at radius 1 is 0.983 bits per heavy atom. The molecule has 5 aliphatic rings. The zero-order valence-electron chi connectivity index (χ0n) is 34.5. The Morgan fingerprint density at radius 3 is 2.58 bits per heavy atom. The first-order valence-electron chi connectivity index (χ1n) is 21.6. The van der Waals surface area contributed by atoms with Crippen LogP contribution in [0.2, 0.25) is 0 Å². The first kappa shape index (κ1) is 41.7. The monoisotopic (exact) mass is 837 g/mol. The third-order valence-electron chi connectivity index (χ3n) is 12.9. The first-order chi connectivity index (χ1) is 28.9. The number of Topliss-reactive ketones (excluding diaryl/α,β-unsaturated/α-hetero) is 1. The molecule has 3 aliphatic heterocycles. The maximum absolute atomic E-state index is 14.8. The van der Waals surface area contributed by atoms with Crippen LogP contribution in [0, 0.1) is 23.2 Å². The van der Waals surface area contributed by atoms with Crippen molar-refractivity contribution >= 4 is 50.6 Å². The number of methoxy groups -OCH3 is 1. The van der Waals surface area contributed by atoms with Crippen molar-refractivity contribution in [1.29, 1.82) is 0 Å². The van der Waals surface area contributed by atoms with Gasteiger partial charge < -0.3 is 19.1 Å². The molecular formula is C47H55N3O9S. The van der Waals surface area contributed by atoms with Gasteiger partial charge in [0.2, 0.25) is 21.8 Å². The Balaban J connectivity index is 1.19. The zero-order valence-corrected chi connectivity index (χ0v) is 35.3. The van der Waals surface area contributed by atoms with E-state index < -0.39 is 50.6 Å². The van der Waals surface area contributed by atoms with Crippen LogP contribution in [0.5, 0.6) is 11.5 Å². The number of fused-ring (bicyclic) bond motifs is 4. The van der Waals surface area contributed by atoms with Crippen LogP contribution in [0.3, 0.4) is 0 Å². The number of allylic oxidation sites excluding steroid dienone is 3. The van der Waals surface area contributed by atoms with Crippen molar-refractivity contribution in [1.82, 2.24) is 14.6 Å². The van der Waals surface area contributed by atoms with Gasteiger partial charge in [-0.05, 0) is 69.3 Å². The number of hydrogen-bond donors (Lipinski definition) is 1. The number of ether oxygens (including phenoxy) is 3. The van der Waals surface area contributed by atoms with E-state index >= 15 is 0 Å². The highest BCUT2D eigenvalue weighted by Gasteiger charge is 2.61. The largest absolute Gasteiger partial charge is 0.496 e. The molecule has 4 heterocycles. The topological polar surface area (TPSA) is 158 Å². The highest BCUT2D eigenvalue weighted by atomic mass is 32.2. The quantitative estimate of drug-likeness (QED) is 0.204. The standard InChI is InChI=1S/C47H55N3O9S/c1-30-13-11-12-16-32-21-37-39(25-42(32)57-2)48-38(31-14-8-6-9-15-31)24-43(37)59-35-23-40-41(51)27-47(46(54)49-60(55,56)36-19-20-36)26-34(47)18-10-5-3-4-7-17-33(22-44(52)58-29-30)45(53)50(40)28-35/h6,8-10,12,14-16,18,21,24-25,30,33-36,40H,3-5,7,11,13,17,19-20,22-23,26-29H2,1-2H3,(H,49,54)/b16-12+,18-10-/t30-,33+,34+,35+,40-,47+/m0/s1. The minimum atomic E-state index is -3.86. The second kappa shape index (κ2) is 17.5. The average molecular weight is 838 g/mol. The number of benzene rings is 2. The summed E-state index contributed by atoms with van der Waals surface area (Å²) in [6.45, 7) is 2.33. The summed E-state index contributed by atoms with van der Waals surface area (Å²) in [5.74, 6) is -1.55. The smallest absolute Gasteiger partial charge is 0.306 e. The summed E-state index contributed by atoms with van der Waals surface area (Å²) in [7, 11) is -2.24. The van der Waals surface area contributed by atoms with E-state index in [1.165, 1.54) is 0 Å². The molecule has 0 radical (unpaired) electrons. The lowest BCUT2D eigenvalue weighted by atomic mass is 9.90. The molecule has 12 nitrogen and oxygen atoms in total. The van der Waals surface area contributed by atoms with E-state index in [1.807, 2.05) is 73.7 Å². The second-order valence-electron chi connectivity index (χ2n) is 17.5. The molecule has 1 aromatic heterocycles. The number of cyclic esters (lactones) is 1. The third kappa shape index (κ3) is 9.16. The van der Waals surface area contributed by atoms with Gasteiger partial charge in [0.25, 0.3) is 0 Å². The SMILES string of the molecule is COc1cc2nc(-c3ccccc3)cc3c2cc1/C=C/CC[C@H](C)COC(=O)C[C@H]1CCCCC/C=C\[C@@H]2C[C@@]2(C(=O)NS(=O)(=O)C2CC2)CC(=O)[C@@H]2C[C@H](CN2C1=O)O3. The number of nitrogens with one attached hydrogen (secondary N) is 1. The van der Waals surface area contributed by atoms with Crippen LogP contribution < -0.4 is 14.2 Å². The summed E-state index contributed by atoms with van der Waals surface area (Å²) >= 11 is 0. The molecule has 13 heteroatoms. The number of carbonyl (C=O) groups excluding carboxylic acids is 4. The van der Waals surface area contributed by atoms with Crippen LogP contribution in [0.1, 0.15) is 96.0 Å². The summed E-state index contributed by atoms with van der Waals surface area (Å²) in [4.78, 5) is 63.5. The van der Waals surface area contributed by atoms with Crippen molar-refractivity contribution in [2.45, 2.75) is 108 Å². The normalized spacial score (nSPS) is 29.1. The second-order valence-corrected chi connectivity index (χ2v) is 19.4. The molecule has 6 atom stereocenters. The van der Waals surface area contributed by atoms with Gasteiger partial charge in [0.15, 0.2) is 5.78 Å². The lowest BCUT2D eigenvalue weighted by molar-refractivity contribution is -0.151. The Hall–Kier alpha value is -5.04. The van der Waals surface area contributed by atoms with Gasteiger partial charge in [0, 0.05) is 47.4 Å². The molecule has 2 amide bonds. The molecule has 5 bridgehead atoms. The van der Waals surface area contributed by atoms with Crippen LogP contribution in [0.15, 0.2) is 66.8 Å². The lowest BCUT2D eigenvalue weighted by Gasteiger charge is -2.29. The maximum atomic E-state index is 14.8. The minimum absolute atomic E-state index is 0.0732. The lowest BCUT2D eigenvalue weighted by Crippen LogP contribution is -2.46. The van der Waals surface area contributed by atoms with E-state index in [1.54, 1.807) is 12.0 Å². The Morgan fingerprint density at radius 2 is 1.80 bits per heavy atom. The number of ketones is 1. The molecule has 318 valence electrons. The van der Waals surface area contributed by atoms with Gasteiger partial charge in [-0.3, -0.25) is 23.9 Å². The first-order valence-corrected chi connectivity index (χ1v) is 23.1. The van der Waals surface area contributed by atoms with Crippen molar-refractivity contribution in [3.63, 3.8) is 0 Å². The van der Waals surface area contributed by atoms with Gasteiger partial charge in [-0.2, -0.15) is 0 Å². The molecule has 3 aromatic rings. The summed E-state index contributed by atoms with van der Waals surface area (Å²) in [6.07, 6.45) is 13.6. The number of pyridine rings is 1. The van der Waals surface area contributed by atoms with E-state index in [2.05, 4.69) is 10.8 Å². The number of esters is 1. The number of carbonyl (C=O) groups is 4. The fraction of sp³-hybridized carbons (Fsp3) is 0.511. The van der Waals surface area contributed by atoms with Gasteiger partial charge >= 0.3 is 5.97 Å². The predicted molar refractivity (Wildman–Crippen MR) is 227 cm³/mol. The number of hydrogen-bond acceptors (Lipinski definition) is 10. The van der Waals surface area contributed by atoms with Crippen LogP contribution in [-0.4, -0.2) is 79.5 Å². The average Bonchev–Trinajstić information content (AvgIpc) is 4.17. The number of sulfonamides is 1. The highest BCUT2D eigenvalue weighted by molar-refractivity contribution is 7.90. The minimum Gasteiger partial charge on any atom is -0.496 e. The summed E-state index contributed by atoms with van der Waals surface area (Å²) in [5.41, 5.74) is 1.79. The molecule has 1 saturated heterocycles. The van der Waals surface area contributed by atoms with E-state index in [0.29, 0.717) is 54.8 Å². The van der Waals surface area contributed by atoms with Crippen molar-refractivity contribution in [2.75, 3.05) is 20.3 Å². The molecule has 2 aromatic carbocycles. The number of aromatic nitrogens is 1. The predicted octanol–water partition coefficient (Wildman–Crippen LogP) is 7.35. The zero-order chi connectivity index (χ0) is 42.0. The van der Waals surface area contributed by atoms with Crippen LogP contribution in [0.25, 0.3) is 28.2 Å². The Bertz CT molecular complexity index is 2310. The van der Waals surface area contributed by atoms with Crippen molar-refractivity contribution in [3.05, 3.63) is 72.3 Å². The van der Waals surface area contributed by atoms with Gasteiger partial charge in [-0.15, -0.1) is 0 Å². The molecule has 0 unspecified atom stereocenters. The van der Waals surface area contributed by atoms with E-state index in [9.17, 15) is 27.6 Å². The fourth-order valence-corrected chi connectivity index (χ4v) is 10.5. The number of amides is 2. The Labute approximate surface area is 352 Å². The van der Waals surface area contributed by atoms with Crippen molar-refractivity contribution in [3.8, 4) is 22.8 Å². The Kier molecular flexibility index (Phi) is 12.2. The van der Waals surface area contributed by atoms with Gasteiger partial charge in [0.1, 0.15) is 17.6 Å². The maximum Gasteiger partial charge on any atom is 0.306 e. The van der Waals surface area contributed by atoms with Crippen molar-refractivity contribution in [2.24, 2.45) is 23.2 Å². The van der Waals surface area contributed by atoms with E-state index in [-0.39, 0.29) is 55.9 Å². The highest BCUT2D eigenvalue weighted by Crippen LogP contribution is 2.57. The van der Waals surface area contributed by atoms with Crippen LogP contribution in [-0.2, 0) is 33.9 Å². The van der Waals surface area contributed by atoms with Gasteiger partial charge in [-0.25, -0.2) is 13.4 Å². The molecule has 2 saturated carbocycles. The number of rotatable bonds is 5.